The molecular formula is C11H17NO. The van der Waals surface area contributed by atoms with Gasteiger partial charge in [0, 0.05) is 0 Å². The molecule has 1 aromatic rings. The summed E-state index contributed by atoms with van der Waals surface area (Å²) in [6.07, 6.45) is 7.33. The van der Waals surface area contributed by atoms with Crippen LogP contribution in [0.15, 0.2) is 23.0 Å². The Balaban J connectivity index is 2.05. The van der Waals surface area contributed by atoms with Gasteiger partial charge in [-0.05, 0) is 48.8 Å². The zero-order valence-corrected chi connectivity index (χ0v) is 8.12. The van der Waals surface area contributed by atoms with Crippen LogP contribution in [-0.2, 0) is 6.42 Å². The summed E-state index contributed by atoms with van der Waals surface area (Å²) >= 11 is 0. The summed E-state index contributed by atoms with van der Waals surface area (Å²) in [5.74, 6) is 0.840. The SMILES string of the molecule is CC(CN)(Cc1ccoc1)C1CC1. The molecule has 1 aromatic heterocycles. The molecule has 2 rings (SSSR count). The molecule has 2 heteroatoms. The maximum atomic E-state index is 5.83. The van der Waals surface area contributed by atoms with Crippen LogP contribution in [0.1, 0.15) is 25.3 Å². The molecule has 2 nitrogen and oxygen atoms in total. The molecule has 0 aromatic carbocycles. The molecule has 1 unspecified atom stereocenters. The van der Waals surface area contributed by atoms with Crippen LogP contribution in [0.25, 0.3) is 0 Å². The first kappa shape index (κ1) is 8.82. The van der Waals surface area contributed by atoms with Crippen LogP contribution in [0.5, 0.6) is 0 Å². The highest BCUT2D eigenvalue weighted by Crippen LogP contribution is 2.46. The Hall–Kier alpha value is -0.760. The van der Waals surface area contributed by atoms with Gasteiger partial charge in [0.25, 0.3) is 0 Å². The largest absolute Gasteiger partial charge is 0.472 e. The number of hydrogen-bond acceptors (Lipinski definition) is 2. The highest BCUT2D eigenvalue weighted by Gasteiger charge is 2.40. The van der Waals surface area contributed by atoms with E-state index in [0.717, 1.165) is 18.9 Å². The molecule has 72 valence electrons. The van der Waals surface area contributed by atoms with Gasteiger partial charge in [0.2, 0.25) is 0 Å². The first-order valence-corrected chi connectivity index (χ1v) is 4.96. The summed E-state index contributed by atoms with van der Waals surface area (Å²) in [5, 5.41) is 0. The van der Waals surface area contributed by atoms with Gasteiger partial charge in [-0.1, -0.05) is 6.92 Å². The van der Waals surface area contributed by atoms with E-state index in [2.05, 4.69) is 6.92 Å². The van der Waals surface area contributed by atoms with Crippen molar-refractivity contribution in [3.8, 4) is 0 Å². The van der Waals surface area contributed by atoms with Gasteiger partial charge in [-0.2, -0.15) is 0 Å². The Morgan fingerprint density at radius 3 is 2.85 bits per heavy atom. The van der Waals surface area contributed by atoms with Crippen molar-refractivity contribution in [2.45, 2.75) is 26.2 Å². The fourth-order valence-electron chi connectivity index (χ4n) is 2.02. The Morgan fingerprint density at radius 1 is 1.62 bits per heavy atom. The minimum atomic E-state index is 0.296. The Labute approximate surface area is 79.1 Å². The van der Waals surface area contributed by atoms with E-state index in [-0.39, 0.29) is 0 Å². The van der Waals surface area contributed by atoms with Gasteiger partial charge >= 0.3 is 0 Å². The van der Waals surface area contributed by atoms with Crippen molar-refractivity contribution in [3.05, 3.63) is 24.2 Å². The van der Waals surface area contributed by atoms with Crippen LogP contribution in [-0.4, -0.2) is 6.54 Å². The lowest BCUT2D eigenvalue weighted by Gasteiger charge is -2.27. The van der Waals surface area contributed by atoms with Gasteiger partial charge in [0.05, 0.1) is 12.5 Å². The second-order valence-electron chi connectivity index (χ2n) is 4.44. The van der Waals surface area contributed by atoms with Gasteiger partial charge in [-0.3, -0.25) is 0 Å². The van der Waals surface area contributed by atoms with Crippen LogP contribution in [0.2, 0.25) is 0 Å². The lowest BCUT2D eigenvalue weighted by atomic mass is 9.80. The minimum Gasteiger partial charge on any atom is -0.472 e. The van der Waals surface area contributed by atoms with E-state index in [1.165, 1.54) is 18.4 Å². The number of furan rings is 1. The molecule has 0 aliphatic heterocycles. The monoisotopic (exact) mass is 179 g/mol. The maximum Gasteiger partial charge on any atom is 0.0934 e. The van der Waals surface area contributed by atoms with Crippen LogP contribution in [0.3, 0.4) is 0 Å². The van der Waals surface area contributed by atoms with Crippen molar-refractivity contribution >= 4 is 0 Å². The average molecular weight is 179 g/mol. The van der Waals surface area contributed by atoms with Gasteiger partial charge in [0.1, 0.15) is 0 Å². The predicted octanol–water partition coefficient (Wildman–Crippen LogP) is 2.20. The lowest BCUT2D eigenvalue weighted by molar-refractivity contribution is 0.281. The smallest absolute Gasteiger partial charge is 0.0934 e. The van der Waals surface area contributed by atoms with Crippen LogP contribution < -0.4 is 5.73 Å². The second kappa shape index (κ2) is 3.18. The molecule has 13 heavy (non-hydrogen) atoms. The van der Waals surface area contributed by atoms with E-state index in [9.17, 15) is 0 Å². The minimum absolute atomic E-state index is 0.296. The van der Waals surface area contributed by atoms with Crippen molar-refractivity contribution in [2.75, 3.05) is 6.54 Å². The molecule has 0 saturated heterocycles. The van der Waals surface area contributed by atoms with Gasteiger partial charge in [-0.25, -0.2) is 0 Å². The normalized spacial score (nSPS) is 21.4. The predicted molar refractivity (Wildman–Crippen MR) is 52.3 cm³/mol. The van der Waals surface area contributed by atoms with Crippen molar-refractivity contribution in [1.29, 1.82) is 0 Å². The standard InChI is InChI=1S/C11H17NO/c1-11(8-12,10-2-3-10)6-9-4-5-13-7-9/h4-5,7,10H,2-3,6,8,12H2,1H3. The van der Waals surface area contributed by atoms with E-state index in [1.54, 1.807) is 6.26 Å². The lowest BCUT2D eigenvalue weighted by Crippen LogP contribution is -2.31. The van der Waals surface area contributed by atoms with E-state index >= 15 is 0 Å². The zero-order chi connectivity index (χ0) is 9.31. The summed E-state index contributed by atoms with van der Waals surface area (Å²) in [4.78, 5) is 0. The van der Waals surface area contributed by atoms with Crippen LogP contribution in [0.4, 0.5) is 0 Å². The van der Waals surface area contributed by atoms with E-state index < -0.39 is 0 Å². The van der Waals surface area contributed by atoms with Gasteiger partial charge in [-0.15, -0.1) is 0 Å². The third-order valence-corrected chi connectivity index (χ3v) is 3.22. The van der Waals surface area contributed by atoms with Crippen molar-refractivity contribution < 1.29 is 4.42 Å². The molecule has 0 bridgehead atoms. The van der Waals surface area contributed by atoms with Crippen LogP contribution in [0, 0.1) is 11.3 Å². The molecule has 0 radical (unpaired) electrons. The first-order chi connectivity index (χ1) is 6.24. The van der Waals surface area contributed by atoms with Gasteiger partial charge in [0.15, 0.2) is 0 Å². The highest BCUT2D eigenvalue weighted by atomic mass is 16.3. The van der Waals surface area contributed by atoms with E-state index in [1.807, 2.05) is 12.3 Å². The summed E-state index contributed by atoms with van der Waals surface area (Å²) < 4.78 is 5.06. The van der Waals surface area contributed by atoms with E-state index in [4.69, 9.17) is 10.2 Å². The Bertz CT molecular complexity index is 264. The summed E-state index contributed by atoms with van der Waals surface area (Å²) in [5.41, 5.74) is 7.41. The summed E-state index contributed by atoms with van der Waals surface area (Å²) in [6.45, 7) is 3.07. The summed E-state index contributed by atoms with van der Waals surface area (Å²) in [7, 11) is 0. The topological polar surface area (TPSA) is 39.2 Å². The third kappa shape index (κ3) is 1.78. The highest BCUT2D eigenvalue weighted by molar-refractivity contribution is 5.10. The summed E-state index contributed by atoms with van der Waals surface area (Å²) in [6, 6.07) is 2.04. The maximum absolute atomic E-state index is 5.83. The number of hydrogen-bond donors (Lipinski definition) is 1. The molecule has 1 aliphatic rings. The molecule has 1 aliphatic carbocycles. The van der Waals surface area contributed by atoms with Crippen molar-refractivity contribution in [2.24, 2.45) is 17.1 Å². The molecule has 1 heterocycles. The number of rotatable bonds is 4. The molecule has 1 saturated carbocycles. The Kier molecular flexibility index (Phi) is 2.16. The average Bonchev–Trinajstić information content (AvgIpc) is 2.88. The third-order valence-electron chi connectivity index (χ3n) is 3.22. The second-order valence-corrected chi connectivity index (χ2v) is 4.44. The number of nitrogens with two attached hydrogens (primary N) is 1. The molecule has 0 spiro atoms. The van der Waals surface area contributed by atoms with Gasteiger partial charge < -0.3 is 10.2 Å². The molecule has 0 amide bonds. The first-order valence-electron chi connectivity index (χ1n) is 4.96. The molecular weight excluding hydrogens is 162 g/mol. The molecule has 2 N–H and O–H groups in total. The van der Waals surface area contributed by atoms with Crippen molar-refractivity contribution in [1.82, 2.24) is 0 Å². The van der Waals surface area contributed by atoms with Crippen LogP contribution >= 0.6 is 0 Å². The van der Waals surface area contributed by atoms with Crippen molar-refractivity contribution in [3.63, 3.8) is 0 Å². The molecule has 1 atom stereocenters. The Morgan fingerprint density at radius 2 is 2.38 bits per heavy atom. The fourth-order valence-corrected chi connectivity index (χ4v) is 2.02. The zero-order valence-electron chi connectivity index (χ0n) is 8.12. The quantitative estimate of drug-likeness (QED) is 0.769. The molecule has 1 fully saturated rings. The fraction of sp³-hybridized carbons (Fsp3) is 0.636. The van der Waals surface area contributed by atoms with E-state index in [0.29, 0.717) is 5.41 Å².